The molecule has 1 aromatic carbocycles. The first-order valence-electron chi connectivity index (χ1n) is 6.71. The molecule has 0 bridgehead atoms. The highest BCUT2D eigenvalue weighted by Crippen LogP contribution is 2.25. The lowest BCUT2D eigenvalue weighted by atomic mass is 10.2. The van der Waals surface area contributed by atoms with Crippen molar-refractivity contribution in [2.45, 2.75) is 20.3 Å². The van der Waals surface area contributed by atoms with Crippen molar-refractivity contribution in [3.63, 3.8) is 0 Å². The van der Waals surface area contributed by atoms with E-state index in [9.17, 15) is 9.59 Å². The molecule has 0 saturated heterocycles. The van der Waals surface area contributed by atoms with Gasteiger partial charge in [-0.05, 0) is 37.1 Å². The van der Waals surface area contributed by atoms with Gasteiger partial charge >= 0.3 is 5.97 Å². The first-order valence-corrected chi connectivity index (χ1v) is 7.52. The Kier molecular flexibility index (Phi) is 4.75. The van der Waals surface area contributed by atoms with Crippen LogP contribution < -0.4 is 4.90 Å². The van der Waals surface area contributed by atoms with Crippen molar-refractivity contribution in [2.24, 2.45) is 0 Å². The van der Waals surface area contributed by atoms with E-state index in [1.54, 1.807) is 24.3 Å². The lowest BCUT2D eigenvalue weighted by molar-refractivity contribution is -0.135. The average molecular weight is 303 g/mol. The molecule has 0 aliphatic rings. The Bertz CT molecular complexity index is 649. The Morgan fingerprint density at radius 2 is 1.90 bits per heavy atom. The number of aryl methyl sites for hydroxylation is 2. The topological polar surface area (TPSA) is 57.6 Å². The Labute approximate surface area is 127 Å². The number of rotatable bonds is 5. The quantitative estimate of drug-likeness (QED) is 0.921. The number of anilines is 1. The van der Waals surface area contributed by atoms with Crippen molar-refractivity contribution in [3.8, 4) is 0 Å². The lowest BCUT2D eigenvalue weighted by Crippen LogP contribution is -2.35. The zero-order valence-electron chi connectivity index (χ0n) is 12.0. The number of aliphatic carboxylic acids is 1. The van der Waals surface area contributed by atoms with Crippen LogP contribution in [0, 0.1) is 6.92 Å². The number of nitrogens with zero attached hydrogens (tertiary/aromatic N) is 1. The molecule has 0 radical (unpaired) electrons. The summed E-state index contributed by atoms with van der Waals surface area (Å²) in [7, 11) is 0. The Morgan fingerprint density at radius 3 is 2.43 bits per heavy atom. The lowest BCUT2D eigenvalue weighted by Gasteiger charge is -2.20. The number of carbonyl (C=O) groups is 2. The second-order valence-corrected chi connectivity index (χ2v) is 5.92. The van der Waals surface area contributed by atoms with E-state index in [-0.39, 0.29) is 12.5 Å². The van der Waals surface area contributed by atoms with E-state index in [2.05, 4.69) is 0 Å². The second kappa shape index (κ2) is 6.54. The molecule has 0 atom stereocenters. The summed E-state index contributed by atoms with van der Waals surface area (Å²) < 4.78 is 0. The van der Waals surface area contributed by atoms with Crippen molar-refractivity contribution >= 4 is 28.9 Å². The summed E-state index contributed by atoms with van der Waals surface area (Å²) in [5.74, 6) is -1.30. The van der Waals surface area contributed by atoms with Gasteiger partial charge in [-0.25, -0.2) is 0 Å². The summed E-state index contributed by atoms with van der Waals surface area (Å²) in [4.78, 5) is 26.7. The third-order valence-electron chi connectivity index (χ3n) is 3.22. The fraction of sp³-hybridized carbons (Fsp3) is 0.250. The van der Waals surface area contributed by atoms with E-state index in [1.165, 1.54) is 16.2 Å². The van der Waals surface area contributed by atoms with Gasteiger partial charge in [-0.1, -0.05) is 25.1 Å². The molecule has 0 fully saturated rings. The molecule has 110 valence electrons. The normalized spacial score (nSPS) is 10.4. The highest BCUT2D eigenvalue weighted by molar-refractivity contribution is 7.14. The Balaban J connectivity index is 2.36. The summed E-state index contributed by atoms with van der Waals surface area (Å²) in [6.07, 6.45) is 0.861. The maximum Gasteiger partial charge on any atom is 0.323 e. The molecule has 2 rings (SSSR count). The first kappa shape index (κ1) is 15.3. The average Bonchev–Trinajstić information content (AvgIpc) is 2.86. The molecule has 0 unspecified atom stereocenters. The Morgan fingerprint density at radius 1 is 1.24 bits per heavy atom. The van der Waals surface area contributed by atoms with E-state index >= 15 is 0 Å². The van der Waals surface area contributed by atoms with E-state index in [0.29, 0.717) is 10.6 Å². The van der Waals surface area contributed by atoms with Gasteiger partial charge in [0.2, 0.25) is 0 Å². The Hall–Kier alpha value is -2.14. The summed E-state index contributed by atoms with van der Waals surface area (Å²) in [5, 5.41) is 9.06. The second-order valence-electron chi connectivity index (χ2n) is 4.67. The van der Waals surface area contributed by atoms with Crippen LogP contribution in [0.1, 0.15) is 27.0 Å². The van der Waals surface area contributed by atoms with Gasteiger partial charge in [-0.3, -0.25) is 14.5 Å². The molecule has 0 aliphatic carbocycles. The third-order valence-corrected chi connectivity index (χ3v) is 4.30. The van der Waals surface area contributed by atoms with Crippen molar-refractivity contribution in [1.82, 2.24) is 0 Å². The van der Waals surface area contributed by atoms with Gasteiger partial charge in [-0.15, -0.1) is 11.3 Å². The molecule has 1 aromatic heterocycles. The highest BCUT2D eigenvalue weighted by atomic mass is 32.1. The van der Waals surface area contributed by atoms with E-state index in [1.807, 2.05) is 26.0 Å². The van der Waals surface area contributed by atoms with Gasteiger partial charge in [0.25, 0.3) is 5.91 Å². The van der Waals surface area contributed by atoms with Crippen molar-refractivity contribution < 1.29 is 14.7 Å². The SMILES string of the molecule is CCc1cc(C(=O)N(CC(=O)O)c2ccccc2)sc1C. The predicted molar refractivity (Wildman–Crippen MR) is 84.2 cm³/mol. The highest BCUT2D eigenvalue weighted by Gasteiger charge is 2.22. The zero-order valence-corrected chi connectivity index (χ0v) is 12.8. The molecule has 5 heteroatoms. The first-order chi connectivity index (χ1) is 10.0. The minimum Gasteiger partial charge on any atom is -0.480 e. The molecule has 0 saturated carbocycles. The molecule has 0 spiro atoms. The van der Waals surface area contributed by atoms with Gasteiger partial charge in [-0.2, -0.15) is 0 Å². The van der Waals surface area contributed by atoms with Gasteiger partial charge in [0.05, 0.1) is 4.88 Å². The van der Waals surface area contributed by atoms with Gasteiger partial charge in [0, 0.05) is 10.6 Å². The smallest absolute Gasteiger partial charge is 0.323 e. The third kappa shape index (κ3) is 3.49. The fourth-order valence-corrected chi connectivity index (χ4v) is 3.20. The maximum atomic E-state index is 12.6. The molecule has 2 aromatic rings. The number of benzene rings is 1. The summed E-state index contributed by atoms with van der Waals surface area (Å²) in [5.41, 5.74) is 1.72. The van der Waals surface area contributed by atoms with Crippen LogP contribution in [-0.4, -0.2) is 23.5 Å². The molecule has 1 amide bonds. The van der Waals surface area contributed by atoms with Crippen LogP contribution in [0.4, 0.5) is 5.69 Å². The number of hydrogen-bond acceptors (Lipinski definition) is 3. The predicted octanol–water partition coefficient (Wildman–Crippen LogP) is 3.35. The van der Waals surface area contributed by atoms with Gasteiger partial charge in [0.1, 0.15) is 6.54 Å². The number of thiophene rings is 1. The monoisotopic (exact) mass is 303 g/mol. The van der Waals surface area contributed by atoms with Crippen LogP contribution in [0.2, 0.25) is 0 Å². The van der Waals surface area contributed by atoms with Crippen LogP contribution in [0.15, 0.2) is 36.4 Å². The van der Waals surface area contributed by atoms with Crippen molar-refractivity contribution in [1.29, 1.82) is 0 Å². The van der Waals surface area contributed by atoms with E-state index in [4.69, 9.17) is 5.11 Å². The number of para-hydroxylation sites is 1. The largest absolute Gasteiger partial charge is 0.480 e. The van der Waals surface area contributed by atoms with Crippen molar-refractivity contribution in [2.75, 3.05) is 11.4 Å². The molecular weight excluding hydrogens is 286 g/mol. The maximum absolute atomic E-state index is 12.6. The van der Waals surface area contributed by atoms with Crippen LogP contribution in [0.25, 0.3) is 0 Å². The summed E-state index contributed by atoms with van der Waals surface area (Å²) in [6.45, 7) is 3.67. The standard InChI is InChI=1S/C16H17NO3S/c1-3-12-9-14(21-11(12)2)16(20)17(10-15(18)19)13-7-5-4-6-8-13/h4-9H,3,10H2,1-2H3,(H,18,19). The molecule has 1 N–H and O–H groups in total. The summed E-state index contributed by atoms with van der Waals surface area (Å²) in [6, 6.07) is 10.7. The van der Waals surface area contributed by atoms with Crippen LogP contribution >= 0.6 is 11.3 Å². The summed E-state index contributed by atoms with van der Waals surface area (Å²) >= 11 is 1.41. The molecular formula is C16H17NO3S. The van der Waals surface area contributed by atoms with Gasteiger partial charge < -0.3 is 5.11 Å². The van der Waals surface area contributed by atoms with Crippen molar-refractivity contribution in [3.05, 3.63) is 51.7 Å². The number of carboxylic acids is 1. The molecule has 0 aliphatic heterocycles. The van der Waals surface area contributed by atoms with Gasteiger partial charge in [0.15, 0.2) is 0 Å². The number of carbonyl (C=O) groups excluding carboxylic acids is 1. The molecule has 1 heterocycles. The molecule has 4 nitrogen and oxygen atoms in total. The van der Waals surface area contributed by atoms with Crippen LogP contribution in [-0.2, 0) is 11.2 Å². The minimum absolute atomic E-state index is 0.267. The molecule has 21 heavy (non-hydrogen) atoms. The number of carboxylic acid groups (broad SMARTS) is 1. The zero-order chi connectivity index (χ0) is 15.4. The van der Waals surface area contributed by atoms with Crippen LogP contribution in [0.5, 0.6) is 0 Å². The fourth-order valence-electron chi connectivity index (χ4n) is 2.13. The van der Waals surface area contributed by atoms with Crippen LogP contribution in [0.3, 0.4) is 0 Å². The minimum atomic E-state index is -1.03. The number of hydrogen-bond donors (Lipinski definition) is 1. The van der Waals surface area contributed by atoms with E-state index < -0.39 is 5.97 Å². The number of amides is 1. The van der Waals surface area contributed by atoms with E-state index in [0.717, 1.165) is 16.9 Å².